The largest absolute Gasteiger partial charge is 0.531 e. The van der Waals surface area contributed by atoms with Crippen molar-refractivity contribution in [1.82, 2.24) is 10.6 Å². The molecule has 14 N–H and O–H groups in total. The van der Waals surface area contributed by atoms with E-state index in [2.05, 4.69) is 24.9 Å². The first kappa shape index (κ1) is 73.9. The van der Waals surface area contributed by atoms with Gasteiger partial charge in [0.15, 0.2) is 25.2 Å². The number of rotatable bonds is 12. The zero-order chi connectivity index (χ0) is 40.6. The Bertz CT molecular complexity index is 1090. The van der Waals surface area contributed by atoms with Crippen molar-refractivity contribution < 1.29 is 174 Å². The summed E-state index contributed by atoms with van der Waals surface area (Å²) in [5.74, 6) is -1.02. The van der Waals surface area contributed by atoms with Crippen LogP contribution in [0.3, 0.4) is 0 Å². The molecule has 4 fully saturated rings. The van der Waals surface area contributed by atoms with Gasteiger partial charge in [-0.05, 0) is 0 Å². The van der Waals surface area contributed by atoms with Crippen LogP contribution < -0.4 is 10.6 Å². The van der Waals surface area contributed by atoms with Gasteiger partial charge in [0.1, 0.15) is 97.5 Å². The molecular weight excluding hydrogens is 990 g/mol. The van der Waals surface area contributed by atoms with Crippen molar-refractivity contribution >= 4 is 11.8 Å². The van der Waals surface area contributed by atoms with Gasteiger partial charge in [-0.3, -0.25) is 9.59 Å². The monoisotopic (exact) mass is 1060 g/mol. The maximum Gasteiger partial charge on any atom is 0.217 e. The van der Waals surface area contributed by atoms with Crippen molar-refractivity contribution in [1.29, 1.82) is 0 Å². The molecule has 0 aromatic rings. The zero-order valence-electron chi connectivity index (χ0n) is 32.4. The van der Waals surface area contributed by atoms with E-state index in [0.717, 1.165) is 0 Å². The molecule has 2 amide bonds. The Hall–Kier alpha value is 0.348. The van der Waals surface area contributed by atoms with Crippen molar-refractivity contribution in [3.8, 4) is 0 Å². The maximum atomic E-state index is 11.5. The van der Waals surface area contributed by atoms with Crippen LogP contribution in [0.15, 0.2) is 0 Å². The third-order valence-corrected chi connectivity index (χ3v) is 9.05. The van der Waals surface area contributed by atoms with Gasteiger partial charge in [-0.15, -0.1) is 0 Å². The van der Waals surface area contributed by atoms with Crippen LogP contribution in [0.1, 0.15) is 43.6 Å². The fourth-order valence-electron chi connectivity index (χ4n) is 6.19. The molecule has 0 aromatic carbocycles. The summed E-state index contributed by atoms with van der Waals surface area (Å²) < 4.78 is 42.1. The summed E-state index contributed by atoms with van der Waals surface area (Å²) >= 11 is 0. The Morgan fingerprint density at radius 2 is 0.710 bits per heavy atom. The van der Waals surface area contributed by atoms with Crippen molar-refractivity contribution in [2.24, 2.45) is 0 Å². The van der Waals surface area contributed by atoms with Crippen LogP contribution in [-0.4, -0.2) is 222 Å². The molecule has 62 heavy (non-hydrogen) atoms. The van der Waals surface area contributed by atoms with Crippen LogP contribution in [-0.2, 0) is 113 Å². The number of ether oxygens (including phenoxy) is 8. The van der Waals surface area contributed by atoms with E-state index in [1.54, 1.807) is 0 Å². The molecule has 4 saturated heterocycles. The van der Waals surface area contributed by atoms with E-state index in [4.69, 9.17) is 37.9 Å². The van der Waals surface area contributed by atoms with Gasteiger partial charge in [0.2, 0.25) is 11.8 Å². The third-order valence-electron chi connectivity index (χ3n) is 9.05. The van der Waals surface area contributed by atoms with Crippen molar-refractivity contribution in [3.05, 3.63) is 29.1 Å². The number of amides is 2. The van der Waals surface area contributed by atoms with Gasteiger partial charge in [-0.1, -0.05) is 29.7 Å². The standard InChI is InChI=1S/2C15H26NO11.4CH4.2CH3.2Y/c2*1-5(19)16-8-13(10(21)7(4-18)25-14(8)24-2)27-15-12(23)11(22)9(20)6(3-17)26-15;;;;;;;;/h2*6-15,17-18,20-23H,2-4H2,1H3,(H,16,19);4*1H4;2*1H3;;/q2*-1;;;;;2*-1;;/t6?,7?,8?,9-,10+,11-,12?,13?,14+,15-;6?,7?,8?,9-,10-,11-,12?,13?,14+,15-;;;;;;;;/m00......../s1. The quantitative estimate of drug-likeness (QED) is 0.0811. The van der Waals surface area contributed by atoms with Crippen LogP contribution in [0.5, 0.6) is 0 Å². The molecule has 0 aliphatic carbocycles. The molecule has 0 bridgehead atoms. The molecule has 4 rings (SSSR count). The van der Waals surface area contributed by atoms with E-state index in [1.165, 1.54) is 13.8 Å². The molecule has 4 aliphatic heterocycles. The molecule has 10 unspecified atom stereocenters. The Morgan fingerprint density at radius 3 is 0.935 bits per heavy atom. The Labute approximate surface area is 415 Å². The maximum absolute atomic E-state index is 11.5. The molecule has 2 radical (unpaired) electrons. The first-order valence-electron chi connectivity index (χ1n) is 16.7. The van der Waals surface area contributed by atoms with E-state index < -0.39 is 161 Å². The van der Waals surface area contributed by atoms with Gasteiger partial charge in [0, 0.05) is 79.3 Å². The minimum absolute atomic E-state index is 0. The first-order valence-corrected chi connectivity index (χ1v) is 16.7. The predicted octanol–water partition coefficient (Wildman–Crippen LogP) is -5.44. The summed E-state index contributed by atoms with van der Waals surface area (Å²) in [4.78, 5) is 23.0. The average molecular weight is 1060 g/mol. The van der Waals surface area contributed by atoms with Gasteiger partial charge >= 0.3 is 0 Å². The average Bonchev–Trinajstić information content (AvgIpc) is 3.14. The summed E-state index contributed by atoms with van der Waals surface area (Å²) in [6.45, 7) is -0.143. The SMILES string of the molecule is C.C.C.C.[CH2-]O[C@@H]1OC(CO)[C@@H](O)C(O[C@@H]2OC(CO)[C@H](O)[C@H](O)C2O)C1NC(C)=O.[CH2-]O[C@@H]1OC(CO)[C@H](O)C(O[C@@H]2OC(CO)[C@H](O)[C@H](O)C2O)C1NC(C)=O.[CH3-].[CH3-].[Y].[Y]. The van der Waals surface area contributed by atoms with Crippen molar-refractivity contribution in [2.75, 3.05) is 26.4 Å². The normalized spacial score (nSPS) is 39.6. The van der Waals surface area contributed by atoms with E-state index in [-0.39, 0.29) is 110 Å². The van der Waals surface area contributed by atoms with E-state index in [1.807, 2.05) is 0 Å². The Morgan fingerprint density at radius 1 is 0.468 bits per heavy atom. The molecule has 0 saturated carbocycles. The summed E-state index contributed by atoms with van der Waals surface area (Å²) in [7, 11) is 6.44. The third kappa shape index (κ3) is 18.1. The predicted molar refractivity (Wildman–Crippen MR) is 209 cm³/mol. The number of carbonyl (C=O) groups excluding carboxylic acids is 2. The van der Waals surface area contributed by atoms with Crippen LogP contribution in [0.25, 0.3) is 0 Å². The minimum Gasteiger partial charge on any atom is -0.531 e. The summed E-state index contributed by atoms with van der Waals surface area (Å²) in [6.07, 6.45) is -25.9. The molecule has 4 aliphatic rings. The van der Waals surface area contributed by atoms with E-state index in [0.29, 0.717) is 0 Å². The fourth-order valence-corrected chi connectivity index (χ4v) is 6.19. The van der Waals surface area contributed by atoms with Gasteiger partial charge in [-0.2, -0.15) is 0 Å². The van der Waals surface area contributed by atoms with Gasteiger partial charge < -0.3 is 125 Å². The molecule has 0 aromatic heterocycles. The molecule has 20 atom stereocenters. The number of aliphatic hydroxyl groups is 12. The van der Waals surface area contributed by atoms with Crippen LogP contribution in [0, 0.1) is 29.1 Å². The number of carbonyl (C=O) groups is 2. The van der Waals surface area contributed by atoms with E-state index in [9.17, 15) is 70.9 Å². The number of aliphatic hydroxyl groups excluding tert-OH is 12. The second-order valence-corrected chi connectivity index (χ2v) is 12.8. The Kier molecular flexibility index (Phi) is 41.3. The number of hydrogen-bond donors (Lipinski definition) is 14. The van der Waals surface area contributed by atoms with Crippen LogP contribution in [0.2, 0.25) is 0 Å². The number of nitrogens with one attached hydrogen (secondary N) is 2. The van der Waals surface area contributed by atoms with Gasteiger partial charge in [-0.25, -0.2) is 14.2 Å². The van der Waals surface area contributed by atoms with Crippen LogP contribution >= 0.6 is 0 Å². The molecule has 4 heterocycles. The smallest absolute Gasteiger partial charge is 0.217 e. The van der Waals surface area contributed by atoms with Crippen molar-refractivity contribution in [2.45, 2.75) is 166 Å². The summed E-state index contributed by atoms with van der Waals surface area (Å²) in [6, 6.07) is -2.21. The Balaban J connectivity index is -0.000000224. The second-order valence-electron chi connectivity index (χ2n) is 12.8. The van der Waals surface area contributed by atoms with Crippen LogP contribution in [0.4, 0.5) is 0 Å². The topological polar surface area (TPSA) is 375 Å². The second kappa shape index (κ2) is 34.6. The minimum atomic E-state index is -1.72. The van der Waals surface area contributed by atoms with Crippen molar-refractivity contribution in [3.63, 3.8) is 0 Å². The van der Waals surface area contributed by atoms with Gasteiger partial charge in [0.05, 0.1) is 26.4 Å². The fraction of sp³-hybridized carbons (Fsp3) is 0.833. The summed E-state index contributed by atoms with van der Waals surface area (Å²) in [5, 5.41) is 123. The molecule has 26 heteroatoms. The molecule has 370 valence electrons. The zero-order valence-corrected chi connectivity index (χ0v) is 38.1. The van der Waals surface area contributed by atoms with E-state index >= 15 is 0 Å². The first-order chi connectivity index (χ1) is 25.5. The molecular formula is C36H74N2O22Y2-4. The summed E-state index contributed by atoms with van der Waals surface area (Å²) in [5.41, 5.74) is 0. The number of hydrogen-bond acceptors (Lipinski definition) is 22. The molecule has 0 spiro atoms. The van der Waals surface area contributed by atoms with Gasteiger partial charge in [0.25, 0.3) is 0 Å². The molecule has 24 nitrogen and oxygen atoms in total.